The quantitative estimate of drug-likeness (QED) is 0.668. The second-order valence-electron chi connectivity index (χ2n) is 5.39. The van der Waals surface area contributed by atoms with Crippen molar-refractivity contribution < 1.29 is 13.2 Å². The van der Waals surface area contributed by atoms with Gasteiger partial charge in [-0.2, -0.15) is 11.8 Å². The molecule has 0 saturated carbocycles. The smallest absolute Gasteiger partial charge is 0.251 e. The number of nitrogens with one attached hydrogen (secondary N) is 2. The topological polar surface area (TPSA) is 75.3 Å². The number of anilines is 1. The standard InChI is InChI=1S/C17H19ClN2O3S2/c1-25(22,23)20-16-7-3-5-14(11-16)17(21)19-8-9-24-12-13-4-2-6-15(18)10-13/h2-7,10-11,20H,8-9,12H2,1H3,(H,19,21). The fraction of sp³-hybridized carbons (Fsp3) is 0.235. The monoisotopic (exact) mass is 398 g/mol. The summed E-state index contributed by atoms with van der Waals surface area (Å²) in [4.78, 5) is 12.1. The van der Waals surface area contributed by atoms with Crippen LogP contribution in [0.4, 0.5) is 5.69 Å². The highest BCUT2D eigenvalue weighted by atomic mass is 35.5. The zero-order chi connectivity index (χ0) is 18.3. The van der Waals surface area contributed by atoms with Crippen LogP contribution < -0.4 is 10.0 Å². The van der Waals surface area contributed by atoms with Crippen LogP contribution in [0.15, 0.2) is 48.5 Å². The first-order valence-corrected chi connectivity index (χ1v) is 10.9. The van der Waals surface area contributed by atoms with Crippen LogP contribution in [-0.2, 0) is 15.8 Å². The number of hydrogen-bond donors (Lipinski definition) is 2. The second kappa shape index (κ2) is 9.12. The molecule has 0 radical (unpaired) electrons. The Morgan fingerprint density at radius 2 is 1.92 bits per heavy atom. The molecule has 2 rings (SSSR count). The van der Waals surface area contributed by atoms with Crippen molar-refractivity contribution in [2.75, 3.05) is 23.3 Å². The summed E-state index contributed by atoms with van der Waals surface area (Å²) < 4.78 is 24.8. The van der Waals surface area contributed by atoms with Crippen molar-refractivity contribution in [3.8, 4) is 0 Å². The summed E-state index contributed by atoms with van der Waals surface area (Å²) >= 11 is 7.64. The number of halogens is 1. The number of sulfonamides is 1. The normalized spacial score (nSPS) is 11.1. The van der Waals surface area contributed by atoms with Gasteiger partial charge >= 0.3 is 0 Å². The molecule has 0 bridgehead atoms. The summed E-state index contributed by atoms with van der Waals surface area (Å²) in [5, 5.41) is 3.54. The van der Waals surface area contributed by atoms with Gasteiger partial charge in [0.2, 0.25) is 10.0 Å². The highest BCUT2D eigenvalue weighted by molar-refractivity contribution is 7.98. The minimum atomic E-state index is -3.37. The van der Waals surface area contributed by atoms with Crippen LogP contribution in [0.1, 0.15) is 15.9 Å². The van der Waals surface area contributed by atoms with Crippen LogP contribution in [0.25, 0.3) is 0 Å². The number of carbonyl (C=O) groups excluding carboxylic acids is 1. The molecule has 134 valence electrons. The zero-order valence-corrected chi connectivity index (χ0v) is 16.0. The lowest BCUT2D eigenvalue weighted by Gasteiger charge is -2.08. The number of amides is 1. The summed E-state index contributed by atoms with van der Waals surface area (Å²) in [6, 6.07) is 14.1. The summed E-state index contributed by atoms with van der Waals surface area (Å²) in [7, 11) is -3.37. The Labute approximate surface area is 157 Å². The van der Waals surface area contributed by atoms with Crippen molar-refractivity contribution in [1.29, 1.82) is 0 Å². The minimum absolute atomic E-state index is 0.236. The molecule has 25 heavy (non-hydrogen) atoms. The van der Waals surface area contributed by atoms with Crippen molar-refractivity contribution in [3.63, 3.8) is 0 Å². The van der Waals surface area contributed by atoms with Crippen LogP contribution in [-0.4, -0.2) is 32.9 Å². The first-order valence-electron chi connectivity index (χ1n) is 7.52. The van der Waals surface area contributed by atoms with Crippen molar-refractivity contribution in [2.45, 2.75) is 5.75 Å². The highest BCUT2D eigenvalue weighted by Crippen LogP contribution is 2.16. The molecule has 0 aliphatic carbocycles. The average molecular weight is 399 g/mol. The number of carbonyl (C=O) groups is 1. The first-order chi connectivity index (χ1) is 11.8. The molecule has 0 saturated heterocycles. The van der Waals surface area contributed by atoms with Gasteiger partial charge in [-0.25, -0.2) is 8.42 Å². The van der Waals surface area contributed by atoms with Crippen molar-refractivity contribution in [2.24, 2.45) is 0 Å². The van der Waals surface area contributed by atoms with E-state index in [1.807, 2.05) is 24.3 Å². The van der Waals surface area contributed by atoms with Gasteiger partial charge in [-0.1, -0.05) is 29.8 Å². The van der Waals surface area contributed by atoms with Gasteiger partial charge < -0.3 is 5.32 Å². The maximum absolute atomic E-state index is 12.1. The van der Waals surface area contributed by atoms with E-state index >= 15 is 0 Å². The molecule has 2 aromatic rings. The Hall–Kier alpha value is -1.70. The number of thioether (sulfide) groups is 1. The largest absolute Gasteiger partial charge is 0.351 e. The number of hydrogen-bond acceptors (Lipinski definition) is 4. The number of rotatable bonds is 8. The van der Waals surface area contributed by atoms with E-state index < -0.39 is 10.0 Å². The molecule has 0 aromatic heterocycles. The van der Waals surface area contributed by atoms with Crippen LogP contribution in [0.5, 0.6) is 0 Å². The zero-order valence-electron chi connectivity index (χ0n) is 13.7. The molecule has 0 atom stereocenters. The molecule has 0 spiro atoms. The van der Waals surface area contributed by atoms with Gasteiger partial charge in [0, 0.05) is 34.3 Å². The molecule has 0 heterocycles. The van der Waals surface area contributed by atoms with Gasteiger partial charge in [0.1, 0.15) is 0 Å². The van der Waals surface area contributed by atoms with Crippen LogP contribution in [0.2, 0.25) is 5.02 Å². The lowest BCUT2D eigenvalue weighted by molar-refractivity contribution is 0.0956. The van der Waals surface area contributed by atoms with E-state index in [2.05, 4.69) is 10.0 Å². The Kier molecular flexibility index (Phi) is 7.16. The summed E-state index contributed by atoms with van der Waals surface area (Å²) in [6.07, 6.45) is 1.07. The Balaban J connectivity index is 1.77. The molecular weight excluding hydrogens is 380 g/mol. The van der Waals surface area contributed by atoms with E-state index in [1.165, 1.54) is 6.07 Å². The van der Waals surface area contributed by atoms with E-state index in [4.69, 9.17) is 11.6 Å². The molecule has 2 aromatic carbocycles. The highest BCUT2D eigenvalue weighted by Gasteiger charge is 2.08. The van der Waals surface area contributed by atoms with Gasteiger partial charge in [-0.15, -0.1) is 0 Å². The first kappa shape index (κ1) is 19.6. The minimum Gasteiger partial charge on any atom is -0.351 e. The van der Waals surface area contributed by atoms with Gasteiger partial charge in [-0.3, -0.25) is 9.52 Å². The summed E-state index contributed by atoms with van der Waals surface area (Å²) in [5.41, 5.74) is 1.92. The SMILES string of the molecule is CS(=O)(=O)Nc1cccc(C(=O)NCCSCc2cccc(Cl)c2)c1. The Bertz CT molecular complexity index is 841. The lowest BCUT2D eigenvalue weighted by Crippen LogP contribution is -2.25. The third-order valence-electron chi connectivity index (χ3n) is 3.12. The van der Waals surface area contributed by atoms with E-state index in [0.29, 0.717) is 22.8 Å². The van der Waals surface area contributed by atoms with Gasteiger partial charge in [0.15, 0.2) is 0 Å². The molecule has 5 nitrogen and oxygen atoms in total. The predicted molar refractivity (Wildman–Crippen MR) is 105 cm³/mol. The van der Waals surface area contributed by atoms with Crippen LogP contribution in [0.3, 0.4) is 0 Å². The Morgan fingerprint density at radius 1 is 1.16 bits per heavy atom. The van der Waals surface area contributed by atoms with Gasteiger partial charge in [-0.05, 0) is 35.9 Å². The third kappa shape index (κ3) is 7.37. The molecular formula is C17H19ClN2O3S2. The fourth-order valence-electron chi connectivity index (χ4n) is 2.09. The van der Waals surface area contributed by atoms with E-state index in [9.17, 15) is 13.2 Å². The fourth-order valence-corrected chi connectivity index (χ4v) is 3.67. The van der Waals surface area contributed by atoms with Crippen molar-refractivity contribution in [1.82, 2.24) is 5.32 Å². The predicted octanol–water partition coefficient (Wildman–Crippen LogP) is 3.37. The molecule has 8 heteroatoms. The maximum Gasteiger partial charge on any atom is 0.251 e. The third-order valence-corrected chi connectivity index (χ3v) is 4.99. The summed E-state index contributed by atoms with van der Waals surface area (Å²) in [5.74, 6) is 1.35. The molecule has 0 fully saturated rings. The molecule has 0 aliphatic rings. The van der Waals surface area contributed by atoms with Crippen molar-refractivity contribution >= 4 is 45.0 Å². The molecule has 0 aliphatic heterocycles. The lowest BCUT2D eigenvalue weighted by atomic mass is 10.2. The van der Waals surface area contributed by atoms with Crippen LogP contribution in [0, 0.1) is 0 Å². The molecule has 1 amide bonds. The average Bonchev–Trinajstić information content (AvgIpc) is 2.53. The van der Waals surface area contributed by atoms with Crippen molar-refractivity contribution in [3.05, 3.63) is 64.7 Å². The maximum atomic E-state index is 12.1. The van der Waals surface area contributed by atoms with E-state index in [-0.39, 0.29) is 5.91 Å². The second-order valence-corrected chi connectivity index (χ2v) is 8.68. The summed E-state index contributed by atoms with van der Waals surface area (Å²) in [6.45, 7) is 0.522. The van der Waals surface area contributed by atoms with Gasteiger partial charge in [0.25, 0.3) is 5.91 Å². The van der Waals surface area contributed by atoms with E-state index in [0.717, 1.165) is 23.3 Å². The van der Waals surface area contributed by atoms with Gasteiger partial charge in [0.05, 0.1) is 6.26 Å². The molecule has 2 N–H and O–H groups in total. The van der Waals surface area contributed by atoms with Crippen LogP contribution >= 0.6 is 23.4 Å². The Morgan fingerprint density at radius 3 is 2.64 bits per heavy atom. The molecule has 0 unspecified atom stereocenters. The number of benzene rings is 2. The van der Waals surface area contributed by atoms with E-state index in [1.54, 1.807) is 30.0 Å².